The fraction of sp³-hybridized carbons (Fsp3) is 1.00. The summed E-state index contributed by atoms with van der Waals surface area (Å²) in [4.78, 5) is 2.31. The minimum absolute atomic E-state index is 0.329. The first-order chi connectivity index (χ1) is 7.68. The van der Waals surface area contributed by atoms with Gasteiger partial charge in [-0.05, 0) is 25.2 Å². The van der Waals surface area contributed by atoms with E-state index in [0.717, 1.165) is 39.0 Å². The van der Waals surface area contributed by atoms with Crippen molar-refractivity contribution in [3.05, 3.63) is 0 Å². The molecule has 1 aliphatic heterocycles. The summed E-state index contributed by atoms with van der Waals surface area (Å²) >= 11 is 0. The van der Waals surface area contributed by atoms with Gasteiger partial charge in [0.05, 0.1) is 18.3 Å². The molecular formula is C12H24N2O2. The molecule has 0 aromatic heterocycles. The first-order valence-corrected chi connectivity index (χ1v) is 6.44. The van der Waals surface area contributed by atoms with Crippen LogP contribution in [-0.2, 0) is 4.74 Å². The first kappa shape index (κ1) is 12.3. The SMILES string of the molecule is CCC1CN(CC(O)(CN)C2CC2)CCO1. The molecule has 3 N–H and O–H groups in total. The molecule has 2 atom stereocenters. The summed E-state index contributed by atoms with van der Waals surface area (Å²) in [5.41, 5.74) is 5.07. The van der Waals surface area contributed by atoms with Crippen LogP contribution in [0, 0.1) is 5.92 Å². The third kappa shape index (κ3) is 2.74. The van der Waals surface area contributed by atoms with Gasteiger partial charge in [-0.1, -0.05) is 6.92 Å². The molecule has 0 aromatic carbocycles. The maximum absolute atomic E-state index is 10.5. The van der Waals surface area contributed by atoms with Crippen molar-refractivity contribution in [2.45, 2.75) is 37.9 Å². The van der Waals surface area contributed by atoms with Crippen molar-refractivity contribution in [3.8, 4) is 0 Å². The molecule has 2 aliphatic rings. The highest BCUT2D eigenvalue weighted by atomic mass is 16.5. The molecule has 0 bridgehead atoms. The number of aliphatic hydroxyl groups is 1. The molecule has 2 rings (SSSR count). The van der Waals surface area contributed by atoms with Crippen molar-refractivity contribution < 1.29 is 9.84 Å². The van der Waals surface area contributed by atoms with E-state index in [9.17, 15) is 5.11 Å². The lowest BCUT2D eigenvalue weighted by atomic mass is 9.96. The second-order valence-electron chi connectivity index (χ2n) is 5.22. The van der Waals surface area contributed by atoms with Crippen LogP contribution in [0.3, 0.4) is 0 Å². The summed E-state index contributed by atoms with van der Waals surface area (Å²) in [6.07, 6.45) is 3.64. The largest absolute Gasteiger partial charge is 0.387 e. The van der Waals surface area contributed by atoms with E-state index in [4.69, 9.17) is 10.5 Å². The van der Waals surface area contributed by atoms with E-state index in [-0.39, 0.29) is 0 Å². The van der Waals surface area contributed by atoms with Gasteiger partial charge in [0.1, 0.15) is 0 Å². The molecule has 16 heavy (non-hydrogen) atoms. The third-order valence-electron chi connectivity index (χ3n) is 3.87. The zero-order chi connectivity index (χ0) is 11.6. The second kappa shape index (κ2) is 5.00. The van der Waals surface area contributed by atoms with Crippen LogP contribution < -0.4 is 5.73 Å². The van der Waals surface area contributed by atoms with Gasteiger partial charge in [-0.3, -0.25) is 4.90 Å². The van der Waals surface area contributed by atoms with Gasteiger partial charge in [0.15, 0.2) is 0 Å². The fourth-order valence-corrected chi connectivity index (χ4v) is 2.54. The third-order valence-corrected chi connectivity index (χ3v) is 3.87. The highest BCUT2D eigenvalue weighted by Crippen LogP contribution is 2.39. The molecule has 4 heteroatoms. The van der Waals surface area contributed by atoms with Crippen LogP contribution in [-0.4, -0.2) is 54.5 Å². The van der Waals surface area contributed by atoms with E-state index in [1.807, 2.05) is 0 Å². The highest BCUT2D eigenvalue weighted by molar-refractivity contribution is 4.98. The molecular weight excluding hydrogens is 204 g/mol. The lowest BCUT2D eigenvalue weighted by molar-refractivity contribution is -0.0691. The molecule has 1 saturated heterocycles. The minimum Gasteiger partial charge on any atom is -0.387 e. The smallest absolute Gasteiger partial charge is 0.0923 e. The van der Waals surface area contributed by atoms with Gasteiger partial charge in [0, 0.05) is 26.2 Å². The Labute approximate surface area is 97.7 Å². The van der Waals surface area contributed by atoms with Crippen molar-refractivity contribution in [2.75, 3.05) is 32.8 Å². The molecule has 0 amide bonds. The molecule has 0 radical (unpaired) electrons. The normalized spacial score (nSPS) is 31.3. The van der Waals surface area contributed by atoms with Crippen LogP contribution in [0.25, 0.3) is 0 Å². The Morgan fingerprint density at radius 3 is 2.81 bits per heavy atom. The monoisotopic (exact) mass is 228 g/mol. The Hall–Kier alpha value is -0.160. The van der Waals surface area contributed by atoms with Gasteiger partial charge in [0.2, 0.25) is 0 Å². The van der Waals surface area contributed by atoms with Gasteiger partial charge in [-0.15, -0.1) is 0 Å². The molecule has 0 spiro atoms. The number of morpholine rings is 1. The Bertz CT molecular complexity index is 233. The zero-order valence-corrected chi connectivity index (χ0v) is 10.2. The Kier molecular flexibility index (Phi) is 3.85. The Balaban J connectivity index is 1.87. The number of ether oxygens (including phenoxy) is 1. The summed E-state index contributed by atoms with van der Waals surface area (Å²) in [6, 6.07) is 0. The summed E-state index contributed by atoms with van der Waals surface area (Å²) in [5, 5.41) is 10.5. The van der Waals surface area contributed by atoms with Crippen LogP contribution in [0.4, 0.5) is 0 Å². The van der Waals surface area contributed by atoms with Gasteiger partial charge in [-0.25, -0.2) is 0 Å². The average Bonchev–Trinajstić information content (AvgIpc) is 3.13. The van der Waals surface area contributed by atoms with Crippen LogP contribution in [0.15, 0.2) is 0 Å². The lowest BCUT2D eigenvalue weighted by Crippen LogP contribution is -2.54. The summed E-state index contributed by atoms with van der Waals surface area (Å²) < 4.78 is 5.63. The molecule has 4 nitrogen and oxygen atoms in total. The lowest BCUT2D eigenvalue weighted by Gasteiger charge is -2.38. The number of rotatable bonds is 5. The van der Waals surface area contributed by atoms with Crippen LogP contribution in [0.5, 0.6) is 0 Å². The van der Waals surface area contributed by atoms with E-state index in [1.54, 1.807) is 0 Å². The zero-order valence-electron chi connectivity index (χ0n) is 10.2. The predicted molar refractivity (Wildman–Crippen MR) is 63.2 cm³/mol. The van der Waals surface area contributed by atoms with Crippen molar-refractivity contribution in [2.24, 2.45) is 11.7 Å². The quantitative estimate of drug-likeness (QED) is 0.705. The number of nitrogens with two attached hydrogens (primary N) is 1. The van der Waals surface area contributed by atoms with E-state index in [2.05, 4.69) is 11.8 Å². The van der Waals surface area contributed by atoms with Crippen LogP contribution in [0.1, 0.15) is 26.2 Å². The number of hydrogen-bond donors (Lipinski definition) is 2. The summed E-state index contributed by atoms with van der Waals surface area (Å²) in [5.74, 6) is 0.431. The standard InChI is InChI=1S/C12H24N2O2/c1-2-11-7-14(5-6-16-11)9-12(15,8-13)10-3-4-10/h10-11,15H,2-9,13H2,1H3. The average molecular weight is 228 g/mol. The van der Waals surface area contributed by atoms with Gasteiger partial charge >= 0.3 is 0 Å². The molecule has 1 heterocycles. The Morgan fingerprint density at radius 1 is 1.50 bits per heavy atom. The van der Waals surface area contributed by atoms with Crippen molar-refractivity contribution >= 4 is 0 Å². The topological polar surface area (TPSA) is 58.7 Å². The maximum atomic E-state index is 10.5. The van der Waals surface area contributed by atoms with E-state index >= 15 is 0 Å². The van der Waals surface area contributed by atoms with Gasteiger partial charge in [-0.2, -0.15) is 0 Å². The molecule has 94 valence electrons. The molecule has 1 saturated carbocycles. The van der Waals surface area contributed by atoms with E-state index in [1.165, 1.54) is 0 Å². The summed E-state index contributed by atoms with van der Waals surface area (Å²) in [7, 11) is 0. The highest BCUT2D eigenvalue weighted by Gasteiger charge is 2.44. The molecule has 1 aliphatic carbocycles. The Morgan fingerprint density at radius 2 is 2.25 bits per heavy atom. The number of β-amino-alcohol motifs (C(OH)–C–C–N with tert-alkyl or cyclic N) is 1. The van der Waals surface area contributed by atoms with Crippen molar-refractivity contribution in [1.29, 1.82) is 0 Å². The second-order valence-corrected chi connectivity index (χ2v) is 5.22. The van der Waals surface area contributed by atoms with Crippen LogP contribution >= 0.6 is 0 Å². The maximum Gasteiger partial charge on any atom is 0.0923 e. The van der Waals surface area contributed by atoms with E-state index < -0.39 is 5.60 Å². The first-order valence-electron chi connectivity index (χ1n) is 6.44. The van der Waals surface area contributed by atoms with Gasteiger partial charge < -0.3 is 15.6 Å². The minimum atomic E-state index is -0.657. The number of hydrogen-bond acceptors (Lipinski definition) is 4. The summed E-state index contributed by atoms with van der Waals surface area (Å²) in [6.45, 7) is 5.88. The van der Waals surface area contributed by atoms with E-state index in [0.29, 0.717) is 25.1 Å². The number of nitrogens with zero attached hydrogens (tertiary/aromatic N) is 1. The van der Waals surface area contributed by atoms with Gasteiger partial charge in [0.25, 0.3) is 0 Å². The van der Waals surface area contributed by atoms with Crippen molar-refractivity contribution in [1.82, 2.24) is 4.90 Å². The molecule has 2 unspecified atom stereocenters. The molecule has 2 fully saturated rings. The van der Waals surface area contributed by atoms with Crippen molar-refractivity contribution in [3.63, 3.8) is 0 Å². The fourth-order valence-electron chi connectivity index (χ4n) is 2.54. The van der Waals surface area contributed by atoms with Crippen LogP contribution in [0.2, 0.25) is 0 Å². The molecule has 0 aromatic rings. The predicted octanol–water partition coefficient (Wildman–Crippen LogP) is 0.197.